The minimum Gasteiger partial charge on any atom is -0.399 e. The van der Waals surface area contributed by atoms with Gasteiger partial charge in [-0.15, -0.1) is 0 Å². The first kappa shape index (κ1) is 16.6. The SMILES string of the molecule is CC.CN(C)C.CON=C1CCc2ccccc21. The molecule has 0 atom stereocenters. The van der Waals surface area contributed by atoms with Crippen molar-refractivity contribution in [2.24, 2.45) is 5.16 Å². The number of fused-ring (bicyclic) bond motifs is 1. The van der Waals surface area contributed by atoms with E-state index in [4.69, 9.17) is 4.84 Å². The van der Waals surface area contributed by atoms with Crippen molar-refractivity contribution in [2.45, 2.75) is 26.7 Å². The summed E-state index contributed by atoms with van der Waals surface area (Å²) >= 11 is 0. The summed E-state index contributed by atoms with van der Waals surface area (Å²) in [6.07, 6.45) is 2.10. The van der Waals surface area contributed by atoms with Gasteiger partial charge in [0.05, 0.1) is 5.71 Å². The lowest BCUT2D eigenvalue weighted by Gasteiger charge is -1.97. The van der Waals surface area contributed by atoms with E-state index in [-0.39, 0.29) is 0 Å². The van der Waals surface area contributed by atoms with Gasteiger partial charge in [-0.1, -0.05) is 43.3 Å². The van der Waals surface area contributed by atoms with Crippen LogP contribution in [0.3, 0.4) is 0 Å². The molecule has 0 heterocycles. The van der Waals surface area contributed by atoms with E-state index in [2.05, 4.69) is 23.4 Å². The van der Waals surface area contributed by atoms with Gasteiger partial charge in [-0.3, -0.25) is 0 Å². The summed E-state index contributed by atoms with van der Waals surface area (Å²) in [7, 11) is 7.59. The smallest absolute Gasteiger partial charge is 0.106 e. The number of hydrogen-bond acceptors (Lipinski definition) is 3. The van der Waals surface area contributed by atoms with Gasteiger partial charge in [-0.2, -0.15) is 0 Å². The van der Waals surface area contributed by atoms with Crippen LogP contribution < -0.4 is 0 Å². The second-order valence-electron chi connectivity index (χ2n) is 4.22. The average Bonchev–Trinajstić information content (AvgIpc) is 2.76. The Labute approximate surface area is 111 Å². The average molecular weight is 250 g/mol. The summed E-state index contributed by atoms with van der Waals surface area (Å²) < 4.78 is 0. The van der Waals surface area contributed by atoms with E-state index in [0.717, 1.165) is 18.6 Å². The van der Waals surface area contributed by atoms with Gasteiger partial charge in [-0.05, 0) is 39.5 Å². The van der Waals surface area contributed by atoms with Crippen LogP contribution in [0.15, 0.2) is 29.4 Å². The summed E-state index contributed by atoms with van der Waals surface area (Å²) in [5, 5.41) is 3.98. The van der Waals surface area contributed by atoms with Gasteiger partial charge in [-0.25, -0.2) is 0 Å². The number of aryl methyl sites for hydroxylation is 1. The first-order chi connectivity index (χ1) is 8.65. The highest BCUT2D eigenvalue weighted by atomic mass is 16.6. The second kappa shape index (κ2) is 9.66. The Kier molecular flexibility index (Phi) is 8.93. The maximum atomic E-state index is 4.77. The van der Waals surface area contributed by atoms with Gasteiger partial charge in [0.2, 0.25) is 0 Å². The molecule has 1 aromatic rings. The van der Waals surface area contributed by atoms with Crippen molar-refractivity contribution in [1.82, 2.24) is 4.90 Å². The number of nitrogens with zero attached hydrogens (tertiary/aromatic N) is 2. The molecule has 3 nitrogen and oxygen atoms in total. The Hall–Kier alpha value is -1.35. The highest BCUT2D eigenvalue weighted by molar-refractivity contribution is 6.04. The molecule has 18 heavy (non-hydrogen) atoms. The van der Waals surface area contributed by atoms with Crippen LogP contribution in [-0.2, 0) is 11.3 Å². The van der Waals surface area contributed by atoms with Crippen molar-refractivity contribution in [3.63, 3.8) is 0 Å². The minimum atomic E-state index is 1.01. The Balaban J connectivity index is 0.000000415. The third kappa shape index (κ3) is 5.82. The predicted molar refractivity (Wildman–Crippen MR) is 79.3 cm³/mol. The first-order valence-corrected chi connectivity index (χ1v) is 6.44. The van der Waals surface area contributed by atoms with E-state index in [1.807, 2.05) is 46.0 Å². The third-order valence-electron chi connectivity index (χ3n) is 2.16. The summed E-state index contributed by atoms with van der Waals surface area (Å²) in [5.41, 5.74) is 3.71. The molecule has 0 unspecified atom stereocenters. The van der Waals surface area contributed by atoms with Gasteiger partial charge in [0, 0.05) is 5.56 Å². The molecular formula is C15H26N2O. The molecule has 0 aromatic heterocycles. The quantitative estimate of drug-likeness (QED) is 0.715. The van der Waals surface area contributed by atoms with Crippen LogP contribution in [0.1, 0.15) is 31.4 Å². The van der Waals surface area contributed by atoms with Crippen LogP contribution in [0.4, 0.5) is 0 Å². The number of oxime groups is 1. The molecule has 0 spiro atoms. The van der Waals surface area contributed by atoms with Gasteiger partial charge in [0.1, 0.15) is 7.11 Å². The normalized spacial score (nSPS) is 14.3. The van der Waals surface area contributed by atoms with Crippen molar-refractivity contribution < 1.29 is 4.84 Å². The third-order valence-corrected chi connectivity index (χ3v) is 2.16. The van der Waals surface area contributed by atoms with Crippen LogP contribution in [0.5, 0.6) is 0 Å². The molecule has 1 aliphatic carbocycles. The number of hydrogen-bond donors (Lipinski definition) is 0. The number of benzene rings is 1. The summed E-state index contributed by atoms with van der Waals surface area (Å²) in [6, 6.07) is 8.34. The Morgan fingerprint density at radius 3 is 2.17 bits per heavy atom. The zero-order valence-corrected chi connectivity index (χ0v) is 12.5. The van der Waals surface area contributed by atoms with Gasteiger partial charge in [0.25, 0.3) is 0 Å². The zero-order chi connectivity index (χ0) is 14.0. The molecule has 1 aliphatic rings. The highest BCUT2D eigenvalue weighted by Gasteiger charge is 2.16. The van der Waals surface area contributed by atoms with E-state index in [1.165, 1.54) is 11.1 Å². The number of rotatable bonds is 1. The maximum Gasteiger partial charge on any atom is 0.106 e. The van der Waals surface area contributed by atoms with Crippen LogP contribution >= 0.6 is 0 Å². The van der Waals surface area contributed by atoms with E-state index >= 15 is 0 Å². The van der Waals surface area contributed by atoms with E-state index in [0.29, 0.717) is 0 Å². The largest absolute Gasteiger partial charge is 0.399 e. The molecule has 0 N–H and O–H groups in total. The lowest BCUT2D eigenvalue weighted by Crippen LogP contribution is -1.99. The molecule has 0 saturated carbocycles. The van der Waals surface area contributed by atoms with Crippen LogP contribution in [-0.4, -0.2) is 38.9 Å². The molecule has 0 amide bonds. The molecule has 1 aromatic carbocycles. The molecule has 0 saturated heterocycles. The Morgan fingerprint density at radius 1 is 1.06 bits per heavy atom. The predicted octanol–water partition coefficient (Wildman–Crippen LogP) is 3.19. The van der Waals surface area contributed by atoms with Crippen LogP contribution in [0.25, 0.3) is 0 Å². The minimum absolute atomic E-state index is 1.01. The Morgan fingerprint density at radius 2 is 1.61 bits per heavy atom. The first-order valence-electron chi connectivity index (χ1n) is 6.44. The maximum absolute atomic E-state index is 4.77. The fourth-order valence-corrected chi connectivity index (χ4v) is 1.61. The molecule has 0 aliphatic heterocycles. The topological polar surface area (TPSA) is 24.8 Å². The summed E-state index contributed by atoms with van der Waals surface area (Å²) in [4.78, 5) is 6.77. The molecule has 2 rings (SSSR count). The molecule has 0 fully saturated rings. The molecule has 0 radical (unpaired) electrons. The molecule has 0 bridgehead atoms. The van der Waals surface area contributed by atoms with E-state index < -0.39 is 0 Å². The summed E-state index contributed by atoms with van der Waals surface area (Å²) in [5.74, 6) is 0. The van der Waals surface area contributed by atoms with Crippen molar-refractivity contribution in [2.75, 3.05) is 28.3 Å². The van der Waals surface area contributed by atoms with Crippen LogP contribution in [0.2, 0.25) is 0 Å². The molecular weight excluding hydrogens is 224 g/mol. The Bertz CT molecular complexity index is 357. The monoisotopic (exact) mass is 250 g/mol. The fourth-order valence-electron chi connectivity index (χ4n) is 1.61. The lowest BCUT2D eigenvalue weighted by atomic mass is 10.1. The zero-order valence-electron chi connectivity index (χ0n) is 12.5. The van der Waals surface area contributed by atoms with E-state index in [1.54, 1.807) is 7.11 Å². The van der Waals surface area contributed by atoms with Crippen molar-refractivity contribution >= 4 is 5.71 Å². The van der Waals surface area contributed by atoms with Crippen LogP contribution in [0, 0.1) is 0 Å². The molecule has 102 valence electrons. The van der Waals surface area contributed by atoms with Crippen molar-refractivity contribution in [3.8, 4) is 0 Å². The standard InChI is InChI=1S/C10H11NO.C3H9N.C2H6/c1-12-11-10-7-6-8-4-2-3-5-9(8)10;1-4(2)3;1-2/h2-5H,6-7H2,1H3;1-3H3;1-2H3. The van der Waals surface area contributed by atoms with Gasteiger partial charge in [0.15, 0.2) is 0 Å². The van der Waals surface area contributed by atoms with Gasteiger partial charge < -0.3 is 9.74 Å². The van der Waals surface area contributed by atoms with Crippen molar-refractivity contribution in [1.29, 1.82) is 0 Å². The highest BCUT2D eigenvalue weighted by Crippen LogP contribution is 2.21. The molecule has 3 heteroatoms. The second-order valence-corrected chi connectivity index (χ2v) is 4.22. The van der Waals surface area contributed by atoms with E-state index in [9.17, 15) is 0 Å². The fraction of sp³-hybridized carbons (Fsp3) is 0.533. The summed E-state index contributed by atoms with van der Waals surface area (Å²) in [6.45, 7) is 4.00. The van der Waals surface area contributed by atoms with Gasteiger partial charge >= 0.3 is 0 Å². The lowest BCUT2D eigenvalue weighted by molar-refractivity contribution is 0.213. The van der Waals surface area contributed by atoms with Crippen molar-refractivity contribution in [3.05, 3.63) is 35.4 Å².